The van der Waals surface area contributed by atoms with Gasteiger partial charge in [0.25, 0.3) is 5.91 Å². The van der Waals surface area contributed by atoms with Gasteiger partial charge in [-0.25, -0.2) is 0 Å². The number of aryl methyl sites for hydroxylation is 2. The van der Waals surface area contributed by atoms with Crippen LogP contribution in [0.25, 0.3) is 0 Å². The fraction of sp³-hybridized carbons (Fsp3) is 0.450. The Morgan fingerprint density at radius 3 is 2.70 bits per heavy atom. The highest BCUT2D eigenvalue weighted by molar-refractivity contribution is 5.94. The molecule has 2 saturated heterocycles. The second-order valence-corrected chi connectivity index (χ2v) is 7.51. The Labute approximate surface area is 158 Å². The minimum absolute atomic E-state index is 0.00467. The number of carbonyl (C=O) groups excluding carboxylic acids is 2. The summed E-state index contributed by atoms with van der Waals surface area (Å²) in [6.07, 6.45) is 0.745. The first-order valence-electron chi connectivity index (χ1n) is 9.24. The van der Waals surface area contributed by atoms with E-state index < -0.39 is 5.60 Å². The molecular formula is C20H24N4O3. The zero-order valence-electron chi connectivity index (χ0n) is 15.7. The fourth-order valence-electron chi connectivity index (χ4n) is 3.80. The second-order valence-electron chi connectivity index (χ2n) is 7.51. The van der Waals surface area contributed by atoms with Gasteiger partial charge in [-0.2, -0.15) is 5.10 Å². The Balaban J connectivity index is 1.41. The summed E-state index contributed by atoms with van der Waals surface area (Å²) in [5.74, 6) is -0.0892. The van der Waals surface area contributed by atoms with E-state index >= 15 is 0 Å². The van der Waals surface area contributed by atoms with Gasteiger partial charge in [0, 0.05) is 24.3 Å². The molecule has 142 valence electrons. The molecule has 0 aliphatic carbocycles. The number of likely N-dealkylation sites (tertiary alicyclic amines) is 1. The van der Waals surface area contributed by atoms with E-state index in [1.54, 1.807) is 0 Å². The molecule has 2 aromatic rings. The summed E-state index contributed by atoms with van der Waals surface area (Å²) in [5, 5.41) is 7.32. The quantitative estimate of drug-likeness (QED) is 0.885. The third kappa shape index (κ3) is 3.60. The molecule has 1 spiro atoms. The van der Waals surface area contributed by atoms with Crippen LogP contribution in [0.2, 0.25) is 0 Å². The van der Waals surface area contributed by atoms with E-state index in [0.29, 0.717) is 31.7 Å². The lowest BCUT2D eigenvalue weighted by Crippen LogP contribution is -2.54. The van der Waals surface area contributed by atoms with Gasteiger partial charge in [-0.1, -0.05) is 12.1 Å². The summed E-state index contributed by atoms with van der Waals surface area (Å²) in [5.41, 5.74) is 3.47. The van der Waals surface area contributed by atoms with Crippen molar-refractivity contribution in [3.8, 4) is 0 Å². The van der Waals surface area contributed by atoms with E-state index in [2.05, 4.69) is 16.5 Å². The monoisotopic (exact) mass is 368 g/mol. The number of hydrogen-bond acceptors (Lipinski definition) is 4. The Morgan fingerprint density at radius 2 is 2.07 bits per heavy atom. The summed E-state index contributed by atoms with van der Waals surface area (Å²) >= 11 is 0. The zero-order chi connectivity index (χ0) is 19.0. The second kappa shape index (κ2) is 6.81. The van der Waals surface area contributed by atoms with Crippen LogP contribution in [0, 0.1) is 13.8 Å². The summed E-state index contributed by atoms with van der Waals surface area (Å²) < 4.78 is 7.70. The van der Waals surface area contributed by atoms with Crippen molar-refractivity contribution >= 4 is 11.8 Å². The van der Waals surface area contributed by atoms with Gasteiger partial charge >= 0.3 is 0 Å². The van der Waals surface area contributed by atoms with Gasteiger partial charge in [0.1, 0.15) is 12.2 Å². The maximum absolute atomic E-state index is 12.8. The lowest BCUT2D eigenvalue weighted by Gasteiger charge is -2.33. The topological polar surface area (TPSA) is 76.5 Å². The number of hydrogen-bond donors (Lipinski definition) is 1. The van der Waals surface area contributed by atoms with E-state index in [-0.39, 0.29) is 18.4 Å². The van der Waals surface area contributed by atoms with E-state index in [0.717, 1.165) is 23.4 Å². The van der Waals surface area contributed by atoms with Crippen LogP contribution in [0.15, 0.2) is 30.3 Å². The highest BCUT2D eigenvalue weighted by atomic mass is 16.5. The molecule has 7 heteroatoms. The number of nitrogens with zero attached hydrogens (tertiary/aromatic N) is 3. The molecule has 0 radical (unpaired) electrons. The van der Waals surface area contributed by atoms with Crippen LogP contribution in [0.1, 0.15) is 33.7 Å². The maximum Gasteiger partial charge on any atom is 0.253 e. The summed E-state index contributed by atoms with van der Waals surface area (Å²) in [6, 6.07) is 9.76. The molecule has 2 aliphatic heterocycles. The normalized spacial score (nSPS) is 22.3. The van der Waals surface area contributed by atoms with Crippen LogP contribution in [-0.4, -0.2) is 58.3 Å². The third-order valence-corrected chi connectivity index (χ3v) is 5.36. The van der Waals surface area contributed by atoms with E-state index in [4.69, 9.17) is 4.74 Å². The molecule has 27 heavy (non-hydrogen) atoms. The van der Waals surface area contributed by atoms with Crippen molar-refractivity contribution in [1.82, 2.24) is 20.0 Å². The number of morpholine rings is 1. The molecule has 1 atom stereocenters. The summed E-state index contributed by atoms with van der Waals surface area (Å²) in [6.45, 7) is 6.41. The molecule has 1 aromatic heterocycles. The first kappa shape index (κ1) is 17.7. The predicted molar refractivity (Wildman–Crippen MR) is 99.5 cm³/mol. The number of ether oxygens (including phenoxy) is 1. The third-order valence-electron chi connectivity index (χ3n) is 5.36. The Bertz CT molecular complexity index is 862. The van der Waals surface area contributed by atoms with Crippen LogP contribution in [0.3, 0.4) is 0 Å². The molecule has 0 saturated carbocycles. The first-order valence-corrected chi connectivity index (χ1v) is 9.24. The smallest absolute Gasteiger partial charge is 0.253 e. The standard InChI is InChI=1S/C20H24N4O3/c1-14-9-15(2)24(22-14)10-16-3-5-17(6-4-16)19(26)23-8-7-20(13-23)12-21-18(25)11-27-20/h3-6,9H,7-8,10-13H2,1-2H3,(H,21,25). The molecule has 0 bridgehead atoms. The van der Waals surface area contributed by atoms with Gasteiger partial charge in [0.05, 0.1) is 18.8 Å². The number of nitrogens with one attached hydrogen (secondary N) is 1. The molecule has 3 heterocycles. The van der Waals surface area contributed by atoms with Crippen LogP contribution < -0.4 is 5.32 Å². The van der Waals surface area contributed by atoms with Gasteiger partial charge in [0.15, 0.2) is 0 Å². The molecule has 2 amide bonds. The maximum atomic E-state index is 12.8. The zero-order valence-corrected chi connectivity index (χ0v) is 15.7. The minimum Gasteiger partial charge on any atom is -0.361 e. The number of carbonyl (C=O) groups is 2. The van der Waals surface area contributed by atoms with E-state index in [1.807, 2.05) is 47.7 Å². The summed E-state index contributed by atoms with van der Waals surface area (Å²) in [7, 11) is 0. The van der Waals surface area contributed by atoms with Crippen molar-refractivity contribution in [2.75, 3.05) is 26.2 Å². The van der Waals surface area contributed by atoms with Crippen LogP contribution in [0.5, 0.6) is 0 Å². The minimum atomic E-state index is -0.432. The average Bonchev–Trinajstić information content (AvgIpc) is 3.21. The molecule has 1 aromatic carbocycles. The first-order chi connectivity index (χ1) is 12.9. The highest BCUT2D eigenvalue weighted by Crippen LogP contribution is 2.28. The van der Waals surface area contributed by atoms with E-state index in [9.17, 15) is 9.59 Å². The molecular weight excluding hydrogens is 344 g/mol. The van der Waals surface area contributed by atoms with Gasteiger partial charge in [-0.3, -0.25) is 14.3 Å². The average molecular weight is 368 g/mol. The van der Waals surface area contributed by atoms with Crippen molar-refractivity contribution in [3.05, 3.63) is 52.8 Å². The molecule has 7 nitrogen and oxygen atoms in total. The van der Waals surface area contributed by atoms with Gasteiger partial charge in [-0.05, 0) is 44.0 Å². The number of benzene rings is 1. The van der Waals surface area contributed by atoms with Crippen molar-refractivity contribution in [3.63, 3.8) is 0 Å². The van der Waals surface area contributed by atoms with Gasteiger partial charge < -0.3 is 15.0 Å². The molecule has 4 rings (SSSR count). The Hall–Kier alpha value is -2.67. The van der Waals surface area contributed by atoms with Crippen molar-refractivity contribution < 1.29 is 14.3 Å². The largest absolute Gasteiger partial charge is 0.361 e. The van der Waals surface area contributed by atoms with Crippen LogP contribution >= 0.6 is 0 Å². The van der Waals surface area contributed by atoms with Gasteiger partial charge in [0.2, 0.25) is 5.91 Å². The Morgan fingerprint density at radius 1 is 1.30 bits per heavy atom. The van der Waals surface area contributed by atoms with E-state index in [1.165, 1.54) is 0 Å². The molecule has 2 fully saturated rings. The number of rotatable bonds is 3. The molecule has 2 aliphatic rings. The van der Waals surface area contributed by atoms with Gasteiger partial charge in [-0.15, -0.1) is 0 Å². The SMILES string of the molecule is Cc1cc(C)n(Cc2ccc(C(=O)N3CCC4(CNC(=O)CO4)C3)cc2)n1. The molecule has 1 N–H and O–H groups in total. The lowest BCUT2D eigenvalue weighted by molar-refractivity contribution is -0.141. The van der Waals surface area contributed by atoms with Crippen molar-refractivity contribution in [2.45, 2.75) is 32.4 Å². The predicted octanol–water partition coefficient (Wildman–Crippen LogP) is 1.28. The number of amides is 2. The van der Waals surface area contributed by atoms with Crippen molar-refractivity contribution in [2.24, 2.45) is 0 Å². The summed E-state index contributed by atoms with van der Waals surface area (Å²) in [4.78, 5) is 25.9. The number of aromatic nitrogens is 2. The fourth-order valence-corrected chi connectivity index (χ4v) is 3.80. The lowest BCUT2D eigenvalue weighted by atomic mass is 10.0. The van der Waals surface area contributed by atoms with Crippen LogP contribution in [-0.2, 0) is 16.1 Å². The Kier molecular flexibility index (Phi) is 4.47. The highest BCUT2D eigenvalue weighted by Gasteiger charge is 2.43. The van der Waals surface area contributed by atoms with Crippen molar-refractivity contribution in [1.29, 1.82) is 0 Å². The van der Waals surface area contributed by atoms with Crippen LogP contribution in [0.4, 0.5) is 0 Å². The molecule has 1 unspecified atom stereocenters.